The van der Waals surface area contributed by atoms with Gasteiger partial charge in [-0.2, -0.15) is 0 Å². The predicted octanol–water partition coefficient (Wildman–Crippen LogP) is 5.15. The quantitative estimate of drug-likeness (QED) is 0.296. The number of thiocarbonyl (C=S) groups is 1. The highest BCUT2D eigenvalue weighted by atomic mass is 32.1. The van der Waals surface area contributed by atoms with Gasteiger partial charge in [0, 0.05) is 0 Å². The largest absolute Gasteiger partial charge is 0.447 e. The highest BCUT2D eigenvalue weighted by Crippen LogP contribution is 2.10. The molecule has 0 heterocycles. The van der Waals surface area contributed by atoms with Crippen molar-refractivity contribution in [3.8, 4) is 0 Å². The standard InChI is InChI=1S/C14H25NO2S/c1-2-3-4-5-6-7-8-9-10-11-12-17-14(16)15-13-18/h2-12H2,1H3. The van der Waals surface area contributed by atoms with Gasteiger partial charge >= 0.3 is 6.09 Å². The van der Waals surface area contributed by atoms with E-state index >= 15 is 0 Å². The number of rotatable bonds is 11. The monoisotopic (exact) mass is 271 g/mol. The summed E-state index contributed by atoms with van der Waals surface area (Å²) in [6, 6.07) is 0. The number of amides is 1. The summed E-state index contributed by atoms with van der Waals surface area (Å²) >= 11 is 4.30. The molecule has 3 nitrogen and oxygen atoms in total. The van der Waals surface area contributed by atoms with Gasteiger partial charge in [-0.3, -0.25) is 0 Å². The molecule has 0 aliphatic heterocycles. The van der Waals surface area contributed by atoms with Crippen molar-refractivity contribution < 1.29 is 9.53 Å². The molecule has 0 rings (SSSR count). The Labute approximate surface area is 116 Å². The van der Waals surface area contributed by atoms with Gasteiger partial charge in [0.15, 0.2) is 0 Å². The number of aliphatic imine (C=N–C) groups is 1. The van der Waals surface area contributed by atoms with Gasteiger partial charge in [-0.25, -0.2) is 4.79 Å². The Bertz CT molecular complexity index is 250. The zero-order valence-corrected chi connectivity index (χ0v) is 12.3. The first kappa shape index (κ1) is 17.3. The van der Waals surface area contributed by atoms with E-state index in [0.717, 1.165) is 12.8 Å². The lowest BCUT2D eigenvalue weighted by Crippen LogP contribution is -2.00. The molecule has 0 aliphatic rings. The van der Waals surface area contributed by atoms with E-state index in [1.54, 1.807) is 0 Å². The van der Waals surface area contributed by atoms with Crippen LogP contribution in [0.2, 0.25) is 0 Å². The van der Waals surface area contributed by atoms with Crippen molar-refractivity contribution in [2.45, 2.75) is 71.1 Å². The van der Waals surface area contributed by atoms with Crippen molar-refractivity contribution in [1.29, 1.82) is 0 Å². The van der Waals surface area contributed by atoms with Gasteiger partial charge in [-0.15, -0.1) is 4.99 Å². The Balaban J connectivity index is 3.07. The van der Waals surface area contributed by atoms with E-state index in [1.807, 2.05) is 5.16 Å². The van der Waals surface area contributed by atoms with E-state index in [9.17, 15) is 4.79 Å². The fourth-order valence-electron chi connectivity index (χ4n) is 1.82. The van der Waals surface area contributed by atoms with Gasteiger partial charge in [-0.1, -0.05) is 64.7 Å². The second kappa shape index (κ2) is 14.3. The minimum atomic E-state index is -0.624. The highest BCUT2D eigenvalue weighted by Gasteiger charge is 1.97. The van der Waals surface area contributed by atoms with Crippen molar-refractivity contribution in [3.05, 3.63) is 0 Å². The predicted molar refractivity (Wildman–Crippen MR) is 78.2 cm³/mol. The summed E-state index contributed by atoms with van der Waals surface area (Å²) in [5.41, 5.74) is 0. The lowest BCUT2D eigenvalue weighted by Gasteiger charge is -2.02. The summed E-state index contributed by atoms with van der Waals surface area (Å²) in [4.78, 5) is 14.0. The average molecular weight is 271 g/mol. The molecule has 0 spiro atoms. The maximum Gasteiger partial charge on any atom is 0.442 e. The smallest absolute Gasteiger partial charge is 0.442 e. The molecule has 4 heteroatoms. The third kappa shape index (κ3) is 13.3. The zero-order chi connectivity index (χ0) is 13.5. The van der Waals surface area contributed by atoms with Crippen molar-refractivity contribution >= 4 is 23.5 Å². The number of carbonyl (C=O) groups excluding carboxylic acids is 1. The van der Waals surface area contributed by atoms with E-state index in [2.05, 4.69) is 24.1 Å². The molecule has 0 aromatic heterocycles. The Hall–Kier alpha value is -0.730. The van der Waals surface area contributed by atoms with Crippen LogP contribution in [0.3, 0.4) is 0 Å². The average Bonchev–Trinajstić information content (AvgIpc) is 2.36. The van der Waals surface area contributed by atoms with Crippen LogP contribution in [0.15, 0.2) is 4.99 Å². The fraction of sp³-hybridized carbons (Fsp3) is 0.857. The van der Waals surface area contributed by atoms with Gasteiger partial charge in [0.25, 0.3) is 0 Å². The SMILES string of the molecule is CCCCCCCCCCCCOC(=O)N=C=S. The third-order valence-electron chi connectivity index (χ3n) is 2.86. The molecule has 0 bridgehead atoms. The Morgan fingerprint density at radius 1 is 1.00 bits per heavy atom. The summed E-state index contributed by atoms with van der Waals surface area (Å²) in [6.07, 6.45) is 12.0. The van der Waals surface area contributed by atoms with Crippen LogP contribution in [0, 0.1) is 0 Å². The molecule has 1 amide bonds. The summed E-state index contributed by atoms with van der Waals surface area (Å²) in [5.74, 6) is 0. The zero-order valence-electron chi connectivity index (χ0n) is 11.5. The van der Waals surface area contributed by atoms with Gasteiger partial charge in [0.05, 0.1) is 11.8 Å². The molecular formula is C14H25NO2S. The van der Waals surface area contributed by atoms with Crippen LogP contribution in [0.4, 0.5) is 4.79 Å². The Morgan fingerprint density at radius 2 is 1.50 bits per heavy atom. The van der Waals surface area contributed by atoms with E-state index in [4.69, 9.17) is 4.74 Å². The van der Waals surface area contributed by atoms with Gasteiger partial charge in [0.1, 0.15) is 0 Å². The topological polar surface area (TPSA) is 38.7 Å². The first-order valence-electron chi connectivity index (χ1n) is 7.06. The molecule has 0 saturated carbocycles. The van der Waals surface area contributed by atoms with Crippen LogP contribution in [0.25, 0.3) is 0 Å². The number of nitrogens with zero attached hydrogens (tertiary/aromatic N) is 1. The molecular weight excluding hydrogens is 246 g/mol. The van der Waals surface area contributed by atoms with Crippen LogP contribution in [0.1, 0.15) is 71.1 Å². The Morgan fingerprint density at radius 3 is 2.00 bits per heavy atom. The Kier molecular flexibility index (Phi) is 13.8. The lowest BCUT2D eigenvalue weighted by molar-refractivity contribution is 0.155. The third-order valence-corrected chi connectivity index (χ3v) is 2.95. The minimum absolute atomic E-state index is 0.440. The van der Waals surface area contributed by atoms with E-state index in [0.29, 0.717) is 6.61 Å². The lowest BCUT2D eigenvalue weighted by atomic mass is 10.1. The molecule has 0 aliphatic carbocycles. The molecule has 0 fully saturated rings. The number of hydrogen-bond acceptors (Lipinski definition) is 3. The van der Waals surface area contributed by atoms with Crippen molar-refractivity contribution in [3.63, 3.8) is 0 Å². The molecule has 0 saturated heterocycles. The second-order valence-corrected chi connectivity index (χ2v) is 4.68. The summed E-state index contributed by atoms with van der Waals surface area (Å²) in [6.45, 7) is 2.68. The second-order valence-electron chi connectivity index (χ2n) is 4.50. The van der Waals surface area contributed by atoms with Gasteiger partial charge in [-0.05, 0) is 18.6 Å². The number of ether oxygens (including phenoxy) is 1. The molecule has 18 heavy (non-hydrogen) atoms. The summed E-state index contributed by atoms with van der Waals surface area (Å²) in [7, 11) is 0. The van der Waals surface area contributed by atoms with Gasteiger partial charge in [0.2, 0.25) is 0 Å². The molecule has 104 valence electrons. The van der Waals surface area contributed by atoms with Crippen molar-refractivity contribution in [2.24, 2.45) is 4.99 Å². The summed E-state index contributed by atoms with van der Waals surface area (Å²) in [5, 5.41) is 1.99. The van der Waals surface area contributed by atoms with Crippen LogP contribution in [-0.2, 0) is 4.74 Å². The number of unbranched alkanes of at least 4 members (excludes halogenated alkanes) is 9. The number of carbonyl (C=O) groups is 1. The van der Waals surface area contributed by atoms with Crippen LogP contribution < -0.4 is 0 Å². The van der Waals surface area contributed by atoms with E-state index in [1.165, 1.54) is 51.4 Å². The molecule has 0 unspecified atom stereocenters. The minimum Gasteiger partial charge on any atom is -0.447 e. The molecule has 0 aromatic rings. The maximum atomic E-state index is 10.8. The first-order valence-corrected chi connectivity index (χ1v) is 7.46. The first-order chi connectivity index (χ1) is 8.81. The van der Waals surface area contributed by atoms with Crippen LogP contribution in [0.5, 0.6) is 0 Å². The van der Waals surface area contributed by atoms with E-state index in [-0.39, 0.29) is 0 Å². The van der Waals surface area contributed by atoms with Crippen LogP contribution in [-0.4, -0.2) is 17.9 Å². The molecule has 0 atom stereocenters. The fourth-order valence-corrected chi connectivity index (χ4v) is 1.89. The van der Waals surface area contributed by atoms with Crippen molar-refractivity contribution in [1.82, 2.24) is 0 Å². The molecule has 0 radical (unpaired) electrons. The highest BCUT2D eigenvalue weighted by molar-refractivity contribution is 7.78. The maximum absolute atomic E-state index is 10.8. The summed E-state index contributed by atoms with van der Waals surface area (Å²) < 4.78 is 4.82. The number of hydrogen-bond donors (Lipinski definition) is 0. The number of isothiocyanates is 1. The van der Waals surface area contributed by atoms with Gasteiger partial charge < -0.3 is 4.74 Å². The van der Waals surface area contributed by atoms with Crippen molar-refractivity contribution in [2.75, 3.05) is 6.61 Å². The van der Waals surface area contributed by atoms with Crippen LogP contribution >= 0.6 is 12.2 Å². The molecule has 0 N–H and O–H groups in total. The van der Waals surface area contributed by atoms with E-state index < -0.39 is 6.09 Å². The molecule has 0 aromatic carbocycles. The normalized spacial score (nSPS) is 9.83.